The van der Waals surface area contributed by atoms with Gasteiger partial charge in [0.25, 0.3) is 5.91 Å². The molecular formula is C17H19N3O2. The predicted octanol–water partition coefficient (Wildman–Crippen LogP) is 4.10. The van der Waals surface area contributed by atoms with Crippen LogP contribution in [-0.4, -0.2) is 15.7 Å². The summed E-state index contributed by atoms with van der Waals surface area (Å²) in [5.41, 5.74) is 0.705. The van der Waals surface area contributed by atoms with E-state index in [1.165, 1.54) is 0 Å². The maximum atomic E-state index is 12.4. The number of anilines is 1. The van der Waals surface area contributed by atoms with Crippen LogP contribution in [0, 0.1) is 5.92 Å². The van der Waals surface area contributed by atoms with Gasteiger partial charge in [-0.3, -0.25) is 4.79 Å². The van der Waals surface area contributed by atoms with E-state index in [2.05, 4.69) is 31.2 Å². The minimum atomic E-state index is -0.270. The Bertz CT molecular complexity index is 768. The van der Waals surface area contributed by atoms with Crippen molar-refractivity contribution in [3.05, 3.63) is 48.4 Å². The largest absolute Gasteiger partial charge is 0.451 e. The molecule has 114 valence electrons. The number of amides is 1. The molecule has 5 nitrogen and oxygen atoms in total. The van der Waals surface area contributed by atoms with Crippen molar-refractivity contribution in [3.8, 4) is 0 Å². The van der Waals surface area contributed by atoms with Crippen LogP contribution in [0.5, 0.6) is 0 Å². The molecule has 0 aliphatic carbocycles. The number of rotatable bonds is 4. The average Bonchev–Trinajstić information content (AvgIpc) is 3.12. The maximum absolute atomic E-state index is 12.4. The lowest BCUT2D eigenvalue weighted by Gasteiger charge is -2.19. The lowest BCUT2D eigenvalue weighted by Crippen LogP contribution is -2.19. The quantitative estimate of drug-likeness (QED) is 0.788. The molecule has 1 aromatic carbocycles. The van der Waals surface area contributed by atoms with E-state index in [1.807, 2.05) is 28.9 Å². The van der Waals surface area contributed by atoms with Crippen molar-refractivity contribution >= 4 is 22.7 Å². The number of hydrogen-bond donors (Lipinski definition) is 1. The number of fused-ring (bicyclic) bond motifs is 1. The van der Waals surface area contributed by atoms with Gasteiger partial charge in [-0.1, -0.05) is 32.0 Å². The Balaban J connectivity index is 1.84. The summed E-state index contributed by atoms with van der Waals surface area (Å²) < 4.78 is 7.41. The summed E-state index contributed by atoms with van der Waals surface area (Å²) >= 11 is 0. The van der Waals surface area contributed by atoms with E-state index in [9.17, 15) is 4.79 Å². The number of carbonyl (C=O) groups excluding carboxylic acids is 1. The molecule has 1 atom stereocenters. The Kier molecular flexibility index (Phi) is 3.71. The molecule has 0 saturated heterocycles. The van der Waals surface area contributed by atoms with Crippen LogP contribution < -0.4 is 5.32 Å². The van der Waals surface area contributed by atoms with Gasteiger partial charge in [-0.15, -0.1) is 0 Å². The van der Waals surface area contributed by atoms with Crippen molar-refractivity contribution in [1.82, 2.24) is 9.78 Å². The smallest absolute Gasteiger partial charge is 0.292 e. The minimum Gasteiger partial charge on any atom is -0.451 e. The van der Waals surface area contributed by atoms with Crippen molar-refractivity contribution in [2.75, 3.05) is 5.32 Å². The first-order valence-corrected chi connectivity index (χ1v) is 7.39. The summed E-state index contributed by atoms with van der Waals surface area (Å²) in [7, 11) is 0. The van der Waals surface area contributed by atoms with Crippen LogP contribution in [0.25, 0.3) is 11.0 Å². The number of benzene rings is 1. The lowest BCUT2D eigenvalue weighted by molar-refractivity contribution is 0.0997. The minimum absolute atomic E-state index is 0.195. The van der Waals surface area contributed by atoms with Crippen LogP contribution in [-0.2, 0) is 0 Å². The van der Waals surface area contributed by atoms with Gasteiger partial charge in [-0.05, 0) is 25.0 Å². The van der Waals surface area contributed by atoms with Crippen molar-refractivity contribution in [2.45, 2.75) is 26.8 Å². The Morgan fingerprint density at radius 2 is 2.00 bits per heavy atom. The van der Waals surface area contributed by atoms with Gasteiger partial charge in [-0.2, -0.15) is 5.10 Å². The molecule has 0 spiro atoms. The van der Waals surface area contributed by atoms with Crippen LogP contribution in [0.15, 0.2) is 47.0 Å². The number of para-hydroxylation sites is 1. The first-order valence-electron chi connectivity index (χ1n) is 7.39. The summed E-state index contributed by atoms with van der Waals surface area (Å²) in [5, 5.41) is 8.08. The summed E-state index contributed by atoms with van der Waals surface area (Å²) in [4.78, 5) is 12.4. The second-order valence-electron chi connectivity index (χ2n) is 5.75. The van der Waals surface area contributed by atoms with Crippen LogP contribution in [0.2, 0.25) is 0 Å². The first kappa shape index (κ1) is 14.4. The average molecular weight is 297 g/mol. The van der Waals surface area contributed by atoms with Gasteiger partial charge in [0, 0.05) is 11.5 Å². The van der Waals surface area contributed by atoms with Crippen molar-refractivity contribution in [3.63, 3.8) is 0 Å². The molecule has 3 aromatic rings. The zero-order valence-electron chi connectivity index (χ0n) is 12.9. The Morgan fingerprint density at radius 3 is 2.73 bits per heavy atom. The Morgan fingerprint density at radius 1 is 1.23 bits per heavy atom. The summed E-state index contributed by atoms with van der Waals surface area (Å²) in [6.45, 7) is 6.32. The third-order valence-electron chi connectivity index (χ3n) is 3.91. The summed E-state index contributed by atoms with van der Waals surface area (Å²) in [5.74, 6) is 1.12. The van der Waals surface area contributed by atoms with Gasteiger partial charge >= 0.3 is 0 Å². The molecule has 0 saturated carbocycles. The van der Waals surface area contributed by atoms with E-state index >= 15 is 0 Å². The third kappa shape index (κ3) is 2.62. The van der Waals surface area contributed by atoms with Gasteiger partial charge in [0.1, 0.15) is 11.4 Å². The third-order valence-corrected chi connectivity index (χ3v) is 3.91. The molecule has 1 N–H and O–H groups in total. The van der Waals surface area contributed by atoms with Crippen molar-refractivity contribution < 1.29 is 9.21 Å². The van der Waals surface area contributed by atoms with Crippen molar-refractivity contribution in [2.24, 2.45) is 5.92 Å². The Labute approximate surface area is 128 Å². The maximum Gasteiger partial charge on any atom is 0.292 e. The van der Waals surface area contributed by atoms with Gasteiger partial charge in [0.15, 0.2) is 5.76 Å². The SMILES string of the molecule is CC(C)[C@H](C)n1nccc1NC(=O)c1cc2ccccc2o1. The molecule has 0 bridgehead atoms. The highest BCUT2D eigenvalue weighted by Gasteiger charge is 2.18. The molecule has 0 fully saturated rings. The number of nitrogens with zero attached hydrogens (tertiary/aromatic N) is 2. The second kappa shape index (κ2) is 5.67. The lowest BCUT2D eigenvalue weighted by atomic mass is 10.1. The van der Waals surface area contributed by atoms with E-state index in [4.69, 9.17) is 4.42 Å². The summed E-state index contributed by atoms with van der Waals surface area (Å²) in [6.07, 6.45) is 1.69. The highest BCUT2D eigenvalue weighted by molar-refractivity contribution is 6.04. The van der Waals surface area contributed by atoms with Crippen LogP contribution >= 0.6 is 0 Å². The van der Waals surface area contributed by atoms with Gasteiger partial charge in [-0.25, -0.2) is 4.68 Å². The molecule has 0 unspecified atom stereocenters. The first-order chi connectivity index (χ1) is 10.6. The molecule has 3 rings (SSSR count). The zero-order valence-corrected chi connectivity index (χ0v) is 12.9. The number of nitrogens with one attached hydrogen (secondary N) is 1. The van der Waals surface area contributed by atoms with E-state index in [0.717, 1.165) is 5.39 Å². The monoisotopic (exact) mass is 297 g/mol. The Hall–Kier alpha value is -2.56. The second-order valence-corrected chi connectivity index (χ2v) is 5.75. The standard InChI is InChI=1S/C17H19N3O2/c1-11(2)12(3)20-16(8-9-18-20)19-17(21)15-10-13-6-4-5-7-14(13)22-15/h4-12H,1-3H3,(H,19,21)/t12-/m0/s1. The number of carbonyl (C=O) groups is 1. The van der Waals surface area contributed by atoms with E-state index < -0.39 is 0 Å². The number of hydrogen-bond acceptors (Lipinski definition) is 3. The molecule has 1 amide bonds. The van der Waals surface area contributed by atoms with Crippen LogP contribution in [0.1, 0.15) is 37.4 Å². The fraction of sp³-hybridized carbons (Fsp3) is 0.294. The molecule has 22 heavy (non-hydrogen) atoms. The highest BCUT2D eigenvalue weighted by atomic mass is 16.3. The van der Waals surface area contributed by atoms with Gasteiger partial charge in [0.05, 0.1) is 12.2 Å². The number of furan rings is 1. The highest BCUT2D eigenvalue weighted by Crippen LogP contribution is 2.23. The van der Waals surface area contributed by atoms with Crippen LogP contribution in [0.4, 0.5) is 5.82 Å². The normalized spacial score (nSPS) is 12.7. The molecular weight excluding hydrogens is 278 g/mol. The van der Waals surface area contributed by atoms with E-state index in [1.54, 1.807) is 18.3 Å². The van der Waals surface area contributed by atoms with E-state index in [0.29, 0.717) is 23.1 Å². The molecule has 0 aliphatic heterocycles. The zero-order chi connectivity index (χ0) is 15.7. The van der Waals surface area contributed by atoms with Gasteiger partial charge < -0.3 is 9.73 Å². The topological polar surface area (TPSA) is 60.1 Å². The van der Waals surface area contributed by atoms with Gasteiger partial charge in [0.2, 0.25) is 0 Å². The molecule has 2 aromatic heterocycles. The molecule has 2 heterocycles. The fourth-order valence-corrected chi connectivity index (χ4v) is 2.29. The predicted molar refractivity (Wildman–Crippen MR) is 85.9 cm³/mol. The number of aromatic nitrogens is 2. The molecule has 0 radical (unpaired) electrons. The van der Waals surface area contributed by atoms with Crippen LogP contribution in [0.3, 0.4) is 0 Å². The van der Waals surface area contributed by atoms with E-state index in [-0.39, 0.29) is 11.9 Å². The molecule has 5 heteroatoms. The molecule has 0 aliphatic rings. The summed E-state index contributed by atoms with van der Waals surface area (Å²) in [6, 6.07) is 11.3. The fourth-order valence-electron chi connectivity index (χ4n) is 2.29. The van der Waals surface area contributed by atoms with Crippen molar-refractivity contribution in [1.29, 1.82) is 0 Å².